The van der Waals surface area contributed by atoms with Crippen LogP contribution in [0.3, 0.4) is 0 Å². The molecule has 6 heteroatoms. The van der Waals surface area contributed by atoms with Gasteiger partial charge in [0.25, 0.3) is 0 Å². The van der Waals surface area contributed by atoms with E-state index in [-0.39, 0.29) is 0 Å². The van der Waals surface area contributed by atoms with Crippen LogP contribution in [0.1, 0.15) is 50.5 Å². The number of rotatable bonds is 4. The van der Waals surface area contributed by atoms with Crippen LogP contribution in [0.4, 0.5) is 0 Å². The van der Waals surface area contributed by atoms with Crippen molar-refractivity contribution < 1.29 is 17.9 Å². The van der Waals surface area contributed by atoms with E-state index < -0.39 is 31.1 Å². The highest BCUT2D eigenvalue weighted by Crippen LogP contribution is 2.42. The predicted molar refractivity (Wildman–Crippen MR) is 88.8 cm³/mol. The molecule has 1 rings (SSSR count). The summed E-state index contributed by atoms with van der Waals surface area (Å²) in [5, 5.41) is -0.818. The van der Waals surface area contributed by atoms with Crippen molar-refractivity contribution >= 4 is 25.7 Å². The number of carbonyl (C=O) groups excluding carboxylic acids is 1. The molecule has 0 radical (unpaired) electrons. The number of ether oxygens (including phenoxy) is 1. The summed E-state index contributed by atoms with van der Waals surface area (Å²) in [7, 11) is 3.22. The van der Waals surface area contributed by atoms with Crippen molar-refractivity contribution in [3.8, 4) is 0 Å². The van der Waals surface area contributed by atoms with E-state index in [1.54, 1.807) is 24.3 Å². The summed E-state index contributed by atoms with van der Waals surface area (Å²) in [5.74, 6) is -0.460. The molecule has 22 heavy (non-hydrogen) atoms. The van der Waals surface area contributed by atoms with E-state index in [1.165, 1.54) is 7.11 Å². The van der Waals surface area contributed by atoms with Gasteiger partial charge < -0.3 is 4.74 Å². The van der Waals surface area contributed by atoms with Crippen LogP contribution in [-0.4, -0.2) is 26.7 Å². The lowest BCUT2D eigenvalue weighted by Crippen LogP contribution is -2.46. The lowest BCUT2D eigenvalue weighted by molar-refractivity contribution is 0.0600. The third kappa shape index (κ3) is 4.02. The zero-order chi connectivity index (χ0) is 17.3. The van der Waals surface area contributed by atoms with Gasteiger partial charge in [0.1, 0.15) is 0 Å². The molecule has 0 aromatic heterocycles. The number of hydrogen-bond donors (Lipinski definition) is 0. The molecule has 1 unspecified atom stereocenters. The molecule has 0 heterocycles. The summed E-state index contributed by atoms with van der Waals surface area (Å²) in [6.45, 7) is 9.15. The maximum atomic E-state index is 12.1. The Morgan fingerprint density at radius 1 is 1.18 bits per heavy atom. The van der Waals surface area contributed by atoms with Gasteiger partial charge in [-0.05, 0) is 23.1 Å². The summed E-state index contributed by atoms with van der Waals surface area (Å²) >= 11 is 0. The molecule has 0 aliphatic heterocycles. The highest BCUT2D eigenvalue weighted by atomic mass is 35.7. The molecule has 0 N–H and O–H groups in total. The fourth-order valence-corrected chi connectivity index (χ4v) is 6.33. The fourth-order valence-electron chi connectivity index (χ4n) is 3.17. The normalized spacial score (nSPS) is 14.5. The van der Waals surface area contributed by atoms with Gasteiger partial charge in [-0.1, -0.05) is 46.8 Å². The Bertz CT molecular complexity index is 657. The number of hydrogen-bond acceptors (Lipinski definition) is 4. The molecule has 1 aromatic rings. The van der Waals surface area contributed by atoms with Crippen molar-refractivity contribution in [3.63, 3.8) is 0 Å². The van der Waals surface area contributed by atoms with E-state index in [2.05, 4.69) is 0 Å². The fraction of sp³-hybridized carbons (Fsp3) is 0.562. The minimum atomic E-state index is -3.81. The molecule has 0 aliphatic carbocycles. The van der Waals surface area contributed by atoms with Gasteiger partial charge in [0.2, 0.25) is 9.05 Å². The Labute approximate surface area is 137 Å². The number of benzene rings is 1. The van der Waals surface area contributed by atoms with Gasteiger partial charge in [-0.3, -0.25) is 0 Å². The lowest BCUT2D eigenvalue weighted by atomic mass is 9.71. The molecule has 1 atom stereocenters. The maximum absolute atomic E-state index is 12.1. The first-order chi connectivity index (χ1) is 9.81. The van der Waals surface area contributed by atoms with Gasteiger partial charge in [-0.25, -0.2) is 13.2 Å². The maximum Gasteiger partial charge on any atom is 0.337 e. The van der Waals surface area contributed by atoms with Crippen molar-refractivity contribution in [2.75, 3.05) is 7.11 Å². The number of halogens is 1. The van der Waals surface area contributed by atoms with E-state index in [1.807, 2.05) is 34.6 Å². The average molecular weight is 347 g/mol. The second kappa shape index (κ2) is 6.20. The molecule has 0 bridgehead atoms. The largest absolute Gasteiger partial charge is 0.465 e. The molecule has 0 amide bonds. The topological polar surface area (TPSA) is 60.4 Å². The minimum absolute atomic E-state index is 0.382. The molecule has 0 saturated heterocycles. The molecule has 0 fully saturated rings. The second-order valence-corrected chi connectivity index (χ2v) is 9.73. The van der Waals surface area contributed by atoms with Gasteiger partial charge in [0.15, 0.2) is 0 Å². The summed E-state index contributed by atoms with van der Waals surface area (Å²) in [6.07, 6.45) is 0. The Balaban J connectivity index is 3.47. The molecule has 0 aliphatic rings. The predicted octanol–water partition coefficient (Wildman–Crippen LogP) is 3.73. The van der Waals surface area contributed by atoms with Crippen LogP contribution >= 0.6 is 10.7 Å². The number of carbonyl (C=O) groups is 1. The first-order valence-corrected chi connectivity index (χ1v) is 9.31. The van der Waals surface area contributed by atoms with Crippen molar-refractivity contribution in [1.82, 2.24) is 0 Å². The standard InChI is InChI=1S/C16H23ClO4S/c1-15(2,3)14(22(17,19)20)16(4,5)12-9-7-8-11(10-12)13(18)21-6/h7-10,14H,1-6H3. The van der Waals surface area contributed by atoms with Crippen LogP contribution in [0, 0.1) is 5.41 Å². The number of methoxy groups -OCH3 is 1. The highest BCUT2D eigenvalue weighted by Gasteiger charge is 2.47. The van der Waals surface area contributed by atoms with E-state index in [0.717, 1.165) is 5.56 Å². The number of esters is 1. The molecule has 4 nitrogen and oxygen atoms in total. The first-order valence-electron chi connectivity index (χ1n) is 6.94. The Hall–Kier alpha value is -1.07. The third-order valence-electron chi connectivity index (χ3n) is 3.75. The second-order valence-electron chi connectivity index (χ2n) is 7.02. The molecule has 0 spiro atoms. The van der Waals surface area contributed by atoms with Crippen LogP contribution in [-0.2, 0) is 19.2 Å². The third-order valence-corrected chi connectivity index (χ3v) is 6.15. The highest BCUT2D eigenvalue weighted by molar-refractivity contribution is 8.14. The monoisotopic (exact) mass is 346 g/mol. The van der Waals surface area contributed by atoms with Crippen molar-refractivity contribution in [3.05, 3.63) is 35.4 Å². The summed E-state index contributed by atoms with van der Waals surface area (Å²) < 4.78 is 29.0. The van der Waals surface area contributed by atoms with Crippen molar-refractivity contribution in [2.24, 2.45) is 5.41 Å². The summed E-state index contributed by atoms with van der Waals surface area (Å²) in [6, 6.07) is 6.80. The van der Waals surface area contributed by atoms with Gasteiger partial charge in [0.05, 0.1) is 17.9 Å². The Morgan fingerprint density at radius 3 is 2.14 bits per heavy atom. The van der Waals surface area contributed by atoms with Gasteiger partial charge in [-0.2, -0.15) is 0 Å². The van der Waals surface area contributed by atoms with E-state index >= 15 is 0 Å². The van der Waals surface area contributed by atoms with E-state index in [0.29, 0.717) is 5.56 Å². The summed E-state index contributed by atoms with van der Waals surface area (Å²) in [4.78, 5) is 11.7. The van der Waals surface area contributed by atoms with Crippen molar-refractivity contribution in [1.29, 1.82) is 0 Å². The van der Waals surface area contributed by atoms with Crippen LogP contribution in [0.15, 0.2) is 24.3 Å². The van der Waals surface area contributed by atoms with Crippen LogP contribution < -0.4 is 0 Å². The van der Waals surface area contributed by atoms with Gasteiger partial charge >= 0.3 is 5.97 Å². The summed E-state index contributed by atoms with van der Waals surface area (Å²) in [5.41, 5.74) is -0.235. The van der Waals surface area contributed by atoms with Crippen LogP contribution in [0.2, 0.25) is 0 Å². The average Bonchev–Trinajstić information content (AvgIpc) is 2.33. The quantitative estimate of drug-likeness (QED) is 0.615. The molecule has 0 saturated carbocycles. The van der Waals surface area contributed by atoms with E-state index in [9.17, 15) is 13.2 Å². The van der Waals surface area contributed by atoms with Crippen molar-refractivity contribution in [2.45, 2.75) is 45.3 Å². The van der Waals surface area contributed by atoms with Crippen LogP contribution in [0.5, 0.6) is 0 Å². The van der Waals surface area contributed by atoms with Gasteiger partial charge in [0, 0.05) is 16.1 Å². The minimum Gasteiger partial charge on any atom is -0.465 e. The Morgan fingerprint density at radius 2 is 1.73 bits per heavy atom. The van der Waals surface area contributed by atoms with E-state index in [4.69, 9.17) is 15.4 Å². The zero-order valence-electron chi connectivity index (χ0n) is 13.8. The first kappa shape index (κ1) is 19.0. The van der Waals surface area contributed by atoms with Gasteiger partial charge in [-0.15, -0.1) is 0 Å². The molecular weight excluding hydrogens is 324 g/mol. The Kier molecular flexibility index (Phi) is 5.35. The molecular formula is C16H23ClO4S. The van der Waals surface area contributed by atoms with Crippen LogP contribution in [0.25, 0.3) is 0 Å². The zero-order valence-corrected chi connectivity index (χ0v) is 15.4. The lowest BCUT2D eigenvalue weighted by Gasteiger charge is -2.41. The smallest absolute Gasteiger partial charge is 0.337 e. The molecule has 1 aromatic carbocycles. The molecule has 124 valence electrons. The SMILES string of the molecule is COC(=O)c1cccc(C(C)(C)C(C(C)(C)C)S(=O)(=O)Cl)c1.